The number of halogens is 1. The predicted molar refractivity (Wildman–Crippen MR) is 90.7 cm³/mol. The molecule has 6 nitrogen and oxygen atoms in total. The van der Waals surface area contributed by atoms with Crippen LogP contribution in [0.1, 0.15) is 17.8 Å². The van der Waals surface area contributed by atoms with Crippen LogP contribution < -0.4 is 5.32 Å². The predicted octanol–water partition coefficient (Wildman–Crippen LogP) is 3.07. The van der Waals surface area contributed by atoms with E-state index in [9.17, 15) is 4.79 Å². The van der Waals surface area contributed by atoms with Crippen LogP contribution >= 0.6 is 11.6 Å². The van der Waals surface area contributed by atoms with E-state index < -0.39 is 0 Å². The van der Waals surface area contributed by atoms with Crippen molar-refractivity contribution in [2.24, 2.45) is 7.05 Å². The van der Waals surface area contributed by atoms with Crippen LogP contribution in [0.5, 0.6) is 0 Å². The zero-order valence-corrected chi connectivity index (χ0v) is 14.1. The highest BCUT2D eigenvalue weighted by Gasteiger charge is 2.14. The fourth-order valence-electron chi connectivity index (χ4n) is 2.62. The van der Waals surface area contributed by atoms with Gasteiger partial charge in [0, 0.05) is 18.9 Å². The Balaban J connectivity index is 1.71. The van der Waals surface area contributed by atoms with Crippen LogP contribution in [0, 0.1) is 13.8 Å². The summed E-state index contributed by atoms with van der Waals surface area (Å²) in [6.45, 7) is 4.28. The van der Waals surface area contributed by atoms with Crippen molar-refractivity contribution in [1.82, 2.24) is 19.6 Å². The third-order valence-corrected chi connectivity index (χ3v) is 4.22. The van der Waals surface area contributed by atoms with Crippen LogP contribution in [0.2, 0.25) is 5.15 Å². The first-order valence-electron chi connectivity index (χ1n) is 7.38. The molecule has 3 aromatic rings. The molecule has 0 fully saturated rings. The molecule has 0 bridgehead atoms. The van der Waals surface area contributed by atoms with Gasteiger partial charge in [0.15, 0.2) is 5.15 Å². The number of nitrogens with zero attached hydrogens (tertiary/aromatic N) is 4. The Hall–Kier alpha value is -2.34. The second-order valence-corrected chi connectivity index (χ2v) is 5.86. The number of carbonyl (C=O) groups is 1. The Bertz CT molecular complexity index is 880. The average molecular weight is 332 g/mol. The lowest BCUT2D eigenvalue weighted by atomic mass is 10.2. The molecular weight excluding hydrogens is 314 g/mol. The highest BCUT2D eigenvalue weighted by Crippen LogP contribution is 2.23. The minimum atomic E-state index is -0.0695. The van der Waals surface area contributed by atoms with E-state index >= 15 is 0 Å². The third-order valence-electron chi connectivity index (χ3n) is 3.94. The Morgan fingerprint density at radius 2 is 2.00 bits per heavy atom. The zero-order valence-electron chi connectivity index (χ0n) is 13.3. The van der Waals surface area contributed by atoms with Crippen LogP contribution in [0.15, 0.2) is 24.3 Å². The quantitative estimate of drug-likeness (QED) is 0.799. The lowest BCUT2D eigenvalue weighted by molar-refractivity contribution is -0.116. The van der Waals surface area contributed by atoms with E-state index in [4.69, 9.17) is 11.6 Å². The standard InChI is InChI=1S/C16H18ClN5O/c1-10-15(11(2)21(3)19-10)18-14(23)8-9-22-13-7-5-4-6-12(13)16(17)20-22/h4-7H,8-9H2,1-3H3,(H,18,23). The molecule has 0 saturated heterocycles. The molecule has 0 radical (unpaired) electrons. The number of rotatable bonds is 4. The number of aromatic nitrogens is 4. The summed E-state index contributed by atoms with van der Waals surface area (Å²) < 4.78 is 3.52. The van der Waals surface area contributed by atoms with Crippen molar-refractivity contribution in [2.75, 3.05) is 5.32 Å². The van der Waals surface area contributed by atoms with Gasteiger partial charge in [-0.25, -0.2) is 0 Å². The second-order valence-electron chi connectivity index (χ2n) is 5.50. The number of aryl methyl sites for hydroxylation is 3. The van der Waals surface area contributed by atoms with E-state index in [1.807, 2.05) is 45.2 Å². The molecule has 1 aromatic carbocycles. The van der Waals surface area contributed by atoms with Gasteiger partial charge in [-0.2, -0.15) is 10.2 Å². The SMILES string of the molecule is Cc1nn(C)c(C)c1NC(=O)CCn1nc(Cl)c2ccccc21. The largest absolute Gasteiger partial charge is 0.323 e. The molecule has 1 N–H and O–H groups in total. The molecule has 2 heterocycles. The number of anilines is 1. The van der Waals surface area contributed by atoms with Gasteiger partial charge in [0.2, 0.25) is 5.91 Å². The first-order valence-corrected chi connectivity index (χ1v) is 7.76. The third kappa shape index (κ3) is 2.94. The van der Waals surface area contributed by atoms with Crippen molar-refractivity contribution in [3.63, 3.8) is 0 Å². The lowest BCUT2D eigenvalue weighted by Crippen LogP contribution is -2.16. The van der Waals surface area contributed by atoms with Crippen molar-refractivity contribution in [2.45, 2.75) is 26.8 Å². The van der Waals surface area contributed by atoms with Crippen molar-refractivity contribution < 1.29 is 4.79 Å². The Morgan fingerprint density at radius 3 is 2.70 bits per heavy atom. The van der Waals surface area contributed by atoms with E-state index in [0.29, 0.717) is 18.1 Å². The number of hydrogen-bond donors (Lipinski definition) is 1. The van der Waals surface area contributed by atoms with E-state index in [-0.39, 0.29) is 5.91 Å². The summed E-state index contributed by atoms with van der Waals surface area (Å²) in [6.07, 6.45) is 0.315. The number of para-hydroxylation sites is 1. The van der Waals surface area contributed by atoms with E-state index in [0.717, 1.165) is 28.0 Å². The summed E-state index contributed by atoms with van der Waals surface area (Å²) in [4.78, 5) is 12.2. The Labute approximate surface area is 139 Å². The highest BCUT2D eigenvalue weighted by molar-refractivity contribution is 6.34. The second kappa shape index (κ2) is 6.04. The Morgan fingerprint density at radius 1 is 1.26 bits per heavy atom. The van der Waals surface area contributed by atoms with Gasteiger partial charge in [-0.15, -0.1) is 0 Å². The molecule has 7 heteroatoms. The van der Waals surface area contributed by atoms with Crippen molar-refractivity contribution in [3.05, 3.63) is 40.8 Å². The first kappa shape index (κ1) is 15.6. The van der Waals surface area contributed by atoms with Crippen LogP contribution in [-0.2, 0) is 18.4 Å². The van der Waals surface area contributed by atoms with Gasteiger partial charge >= 0.3 is 0 Å². The summed E-state index contributed by atoms with van der Waals surface area (Å²) in [5.74, 6) is -0.0695. The van der Waals surface area contributed by atoms with Crippen LogP contribution in [0.4, 0.5) is 5.69 Å². The van der Waals surface area contributed by atoms with Crippen LogP contribution in [0.3, 0.4) is 0 Å². The summed E-state index contributed by atoms with van der Waals surface area (Å²) in [6, 6.07) is 7.71. The molecular formula is C16H18ClN5O. The number of nitrogens with one attached hydrogen (secondary N) is 1. The normalized spacial score (nSPS) is 11.1. The lowest BCUT2D eigenvalue weighted by Gasteiger charge is -2.06. The maximum absolute atomic E-state index is 12.2. The van der Waals surface area contributed by atoms with E-state index in [2.05, 4.69) is 15.5 Å². The van der Waals surface area contributed by atoms with Crippen LogP contribution in [0.25, 0.3) is 10.9 Å². The fourth-order valence-corrected chi connectivity index (χ4v) is 2.87. The molecule has 0 saturated carbocycles. The zero-order chi connectivity index (χ0) is 16.6. The average Bonchev–Trinajstić information content (AvgIpc) is 2.97. The molecule has 0 atom stereocenters. The molecule has 0 aliphatic rings. The molecule has 0 spiro atoms. The molecule has 23 heavy (non-hydrogen) atoms. The summed E-state index contributed by atoms with van der Waals surface area (Å²) >= 11 is 6.12. The molecule has 2 aromatic heterocycles. The van der Waals surface area contributed by atoms with Crippen LogP contribution in [-0.4, -0.2) is 25.5 Å². The van der Waals surface area contributed by atoms with Gasteiger partial charge in [-0.1, -0.05) is 23.7 Å². The van der Waals surface area contributed by atoms with Crippen molar-refractivity contribution in [3.8, 4) is 0 Å². The minimum absolute atomic E-state index is 0.0695. The van der Waals surface area contributed by atoms with E-state index in [1.165, 1.54) is 0 Å². The number of fused-ring (bicyclic) bond motifs is 1. The maximum Gasteiger partial charge on any atom is 0.226 e. The summed E-state index contributed by atoms with van der Waals surface area (Å²) in [5, 5.41) is 12.9. The monoisotopic (exact) mass is 331 g/mol. The van der Waals surface area contributed by atoms with Gasteiger partial charge in [0.25, 0.3) is 0 Å². The highest BCUT2D eigenvalue weighted by atomic mass is 35.5. The summed E-state index contributed by atoms with van der Waals surface area (Å²) in [5.41, 5.74) is 3.45. The molecule has 3 rings (SSSR count). The van der Waals surface area contributed by atoms with Gasteiger partial charge in [-0.05, 0) is 26.0 Å². The molecule has 120 valence electrons. The van der Waals surface area contributed by atoms with Gasteiger partial charge in [-0.3, -0.25) is 14.2 Å². The maximum atomic E-state index is 12.2. The minimum Gasteiger partial charge on any atom is -0.323 e. The first-order chi connectivity index (χ1) is 11.0. The number of hydrogen-bond acceptors (Lipinski definition) is 3. The smallest absolute Gasteiger partial charge is 0.226 e. The van der Waals surface area contributed by atoms with Crippen molar-refractivity contribution >= 4 is 34.1 Å². The van der Waals surface area contributed by atoms with Crippen molar-refractivity contribution in [1.29, 1.82) is 0 Å². The number of carbonyl (C=O) groups excluding carboxylic acids is 1. The number of benzene rings is 1. The Kier molecular flexibility index (Phi) is 4.09. The number of amides is 1. The molecule has 0 unspecified atom stereocenters. The van der Waals surface area contributed by atoms with Gasteiger partial charge in [0.05, 0.1) is 29.1 Å². The van der Waals surface area contributed by atoms with Gasteiger partial charge < -0.3 is 5.32 Å². The molecule has 0 aliphatic heterocycles. The molecule has 1 amide bonds. The molecule has 0 aliphatic carbocycles. The van der Waals surface area contributed by atoms with Gasteiger partial charge in [0.1, 0.15) is 0 Å². The summed E-state index contributed by atoms with van der Waals surface area (Å²) in [7, 11) is 1.86. The topological polar surface area (TPSA) is 64.7 Å². The van der Waals surface area contributed by atoms with E-state index in [1.54, 1.807) is 9.36 Å². The fraction of sp³-hybridized carbons (Fsp3) is 0.312.